The topological polar surface area (TPSA) is 172 Å². The van der Waals surface area contributed by atoms with Gasteiger partial charge in [0.1, 0.15) is 12.6 Å². The van der Waals surface area contributed by atoms with Gasteiger partial charge >= 0.3 is 25.7 Å². The first kappa shape index (κ1) is 59.2. The summed E-state index contributed by atoms with van der Waals surface area (Å²) < 4.78 is 32.8. The Kier molecular flexibility index (Phi) is 43.5. The summed E-state index contributed by atoms with van der Waals surface area (Å²) in [7, 11) is -4.72. The highest BCUT2D eigenvalue weighted by Gasteiger charge is 2.28. The molecule has 0 heterocycles. The number of carbonyl (C=O) groups is 3. The van der Waals surface area contributed by atoms with Crippen molar-refractivity contribution in [2.45, 2.75) is 264 Å². The van der Waals surface area contributed by atoms with Crippen molar-refractivity contribution in [3.8, 4) is 0 Å². The number of nitrogens with two attached hydrogens (primary N) is 1. The van der Waals surface area contributed by atoms with E-state index in [0.717, 1.165) is 44.9 Å². The number of hydrogen-bond donors (Lipinski definition) is 3. The van der Waals surface area contributed by atoms with Crippen LogP contribution in [0.4, 0.5) is 0 Å². The second kappa shape index (κ2) is 44.8. The maximum atomic E-state index is 12.7. The largest absolute Gasteiger partial charge is 0.480 e. The molecule has 0 fully saturated rings. The van der Waals surface area contributed by atoms with Crippen molar-refractivity contribution in [3.05, 3.63) is 12.2 Å². The van der Waals surface area contributed by atoms with Crippen molar-refractivity contribution in [3.63, 3.8) is 0 Å². The highest BCUT2D eigenvalue weighted by molar-refractivity contribution is 7.47. The van der Waals surface area contributed by atoms with Crippen LogP contribution in [0.2, 0.25) is 0 Å². The second-order valence-electron chi connectivity index (χ2n) is 17.3. The van der Waals surface area contributed by atoms with Gasteiger partial charge in [-0.2, -0.15) is 0 Å². The maximum absolute atomic E-state index is 12.7. The highest BCUT2D eigenvalue weighted by Crippen LogP contribution is 2.43. The Balaban J connectivity index is 4.23. The quantitative estimate of drug-likeness (QED) is 0.0230. The Morgan fingerprint density at radius 2 is 0.820 bits per heavy atom. The van der Waals surface area contributed by atoms with E-state index in [0.29, 0.717) is 12.8 Å². The average Bonchev–Trinajstić information content (AvgIpc) is 3.24. The molecule has 3 unspecified atom stereocenters. The number of hydrogen-bond acceptors (Lipinski definition) is 9. The van der Waals surface area contributed by atoms with Crippen molar-refractivity contribution in [2.24, 2.45) is 5.73 Å². The molecule has 0 aliphatic rings. The van der Waals surface area contributed by atoms with E-state index < -0.39 is 51.1 Å². The molecule has 0 saturated heterocycles. The monoisotopic (exact) mass is 888 g/mol. The molecule has 3 atom stereocenters. The maximum Gasteiger partial charge on any atom is 0.472 e. The smallest absolute Gasteiger partial charge is 0.472 e. The van der Waals surface area contributed by atoms with Gasteiger partial charge in [0, 0.05) is 12.8 Å². The van der Waals surface area contributed by atoms with Crippen LogP contribution in [0.5, 0.6) is 0 Å². The SMILES string of the molecule is CCCCCCCCC/C=C\CCCCCCCCCC(=O)OC(COC(=O)CCCCCCCCCCCCCCCCCCCCC)COP(=O)(O)OCC(N)C(=O)O. The number of aliphatic carboxylic acids is 1. The first-order chi connectivity index (χ1) is 29.6. The molecule has 11 nitrogen and oxygen atoms in total. The Labute approximate surface area is 373 Å². The number of carbonyl (C=O) groups excluding carboxylic acids is 2. The molecule has 0 bridgehead atoms. The first-order valence-electron chi connectivity index (χ1n) is 25.2. The number of rotatable bonds is 48. The van der Waals surface area contributed by atoms with Gasteiger partial charge in [0.05, 0.1) is 13.2 Å². The lowest BCUT2D eigenvalue weighted by Crippen LogP contribution is -2.34. The van der Waals surface area contributed by atoms with E-state index in [1.165, 1.54) is 167 Å². The van der Waals surface area contributed by atoms with Gasteiger partial charge in [0.15, 0.2) is 6.10 Å². The molecule has 0 amide bonds. The summed E-state index contributed by atoms with van der Waals surface area (Å²) in [4.78, 5) is 46.1. The minimum absolute atomic E-state index is 0.161. The third-order valence-corrected chi connectivity index (χ3v) is 12.2. The van der Waals surface area contributed by atoms with Crippen LogP contribution < -0.4 is 5.73 Å². The average molecular weight is 888 g/mol. The number of esters is 2. The molecule has 0 aromatic rings. The van der Waals surface area contributed by atoms with E-state index in [1.54, 1.807) is 0 Å². The third-order valence-electron chi connectivity index (χ3n) is 11.3. The standard InChI is InChI=1S/C49H94NO10P/c1-3-5-7-9-11-13-15-17-19-21-23-25-26-28-30-32-34-36-38-40-47(51)57-42-45(43-58-61(55,56)59-44-46(50)49(53)54)60-48(52)41-39-37-35-33-31-29-27-24-22-20-18-16-14-12-10-8-6-4-2/h20,22,45-46H,3-19,21,23-44,50H2,1-2H3,(H,53,54)(H,55,56)/b22-20-. The van der Waals surface area contributed by atoms with Crippen molar-refractivity contribution in [1.29, 1.82) is 0 Å². The summed E-state index contributed by atoms with van der Waals surface area (Å²) in [6, 6.07) is -1.52. The molecule has 12 heteroatoms. The third kappa shape index (κ3) is 44.6. The lowest BCUT2D eigenvalue weighted by molar-refractivity contribution is -0.161. The molecule has 0 aromatic carbocycles. The first-order valence-corrected chi connectivity index (χ1v) is 26.7. The van der Waals surface area contributed by atoms with Crippen LogP contribution in [0.25, 0.3) is 0 Å². The van der Waals surface area contributed by atoms with Crippen LogP contribution in [0.3, 0.4) is 0 Å². The number of phosphoric acid groups is 1. The van der Waals surface area contributed by atoms with Crippen molar-refractivity contribution in [2.75, 3.05) is 19.8 Å². The van der Waals surface area contributed by atoms with Crippen molar-refractivity contribution < 1.29 is 47.5 Å². The van der Waals surface area contributed by atoms with Gasteiger partial charge in [-0.15, -0.1) is 0 Å². The molecule has 0 aliphatic heterocycles. The predicted octanol–water partition coefficient (Wildman–Crippen LogP) is 14.0. The Morgan fingerprint density at radius 1 is 0.492 bits per heavy atom. The molecular formula is C49H94NO10P. The van der Waals surface area contributed by atoms with E-state index in [9.17, 15) is 23.8 Å². The van der Waals surface area contributed by atoms with Gasteiger partial charge in [-0.1, -0.05) is 212 Å². The van der Waals surface area contributed by atoms with Gasteiger partial charge < -0.3 is 25.2 Å². The summed E-state index contributed by atoms with van der Waals surface area (Å²) in [6.45, 7) is 2.85. The molecule has 0 radical (unpaired) electrons. The van der Waals surface area contributed by atoms with E-state index in [-0.39, 0.29) is 19.4 Å². The Bertz CT molecular complexity index is 1090. The minimum Gasteiger partial charge on any atom is -0.480 e. The molecule has 0 rings (SSSR count). The van der Waals surface area contributed by atoms with E-state index in [4.69, 9.17) is 24.8 Å². The van der Waals surface area contributed by atoms with Crippen LogP contribution in [0.1, 0.15) is 251 Å². The molecular weight excluding hydrogens is 794 g/mol. The van der Waals surface area contributed by atoms with Gasteiger partial charge in [-0.25, -0.2) is 4.57 Å². The Hall–Kier alpha value is -1.78. The molecule has 0 saturated carbocycles. The fourth-order valence-corrected chi connectivity index (χ4v) is 8.08. The fourth-order valence-electron chi connectivity index (χ4n) is 7.30. The van der Waals surface area contributed by atoms with Crippen LogP contribution in [-0.2, 0) is 37.5 Å². The zero-order valence-electron chi connectivity index (χ0n) is 39.3. The molecule has 0 aliphatic carbocycles. The summed E-state index contributed by atoms with van der Waals surface area (Å²) in [5.74, 6) is -2.36. The number of carboxylic acids is 1. The summed E-state index contributed by atoms with van der Waals surface area (Å²) in [6.07, 6.45) is 47.0. The minimum atomic E-state index is -4.72. The Morgan fingerprint density at radius 3 is 1.20 bits per heavy atom. The molecule has 0 spiro atoms. The van der Waals surface area contributed by atoms with Gasteiger partial charge in [0.2, 0.25) is 0 Å². The highest BCUT2D eigenvalue weighted by atomic mass is 31.2. The van der Waals surface area contributed by atoms with Crippen molar-refractivity contribution >= 4 is 25.7 Å². The number of carboxylic acid groups (broad SMARTS) is 1. The number of phosphoric ester groups is 1. The predicted molar refractivity (Wildman–Crippen MR) is 249 cm³/mol. The zero-order chi connectivity index (χ0) is 44.9. The number of ether oxygens (including phenoxy) is 2. The summed E-state index contributed by atoms with van der Waals surface area (Å²) >= 11 is 0. The normalized spacial score (nSPS) is 13.6. The van der Waals surface area contributed by atoms with Crippen LogP contribution in [0.15, 0.2) is 12.2 Å². The molecule has 360 valence electrons. The van der Waals surface area contributed by atoms with Gasteiger partial charge in [0.25, 0.3) is 0 Å². The van der Waals surface area contributed by atoms with Gasteiger partial charge in [-0.3, -0.25) is 23.4 Å². The van der Waals surface area contributed by atoms with Crippen molar-refractivity contribution in [1.82, 2.24) is 0 Å². The van der Waals surface area contributed by atoms with E-state index in [2.05, 4.69) is 30.5 Å². The molecule has 0 aromatic heterocycles. The van der Waals surface area contributed by atoms with Crippen LogP contribution in [-0.4, -0.2) is 59.9 Å². The van der Waals surface area contributed by atoms with Crippen LogP contribution in [0, 0.1) is 0 Å². The molecule has 4 N–H and O–H groups in total. The fraction of sp³-hybridized carbons (Fsp3) is 0.898. The number of unbranched alkanes of at least 4 members (excludes halogenated alkanes) is 32. The van der Waals surface area contributed by atoms with E-state index in [1.807, 2.05) is 0 Å². The lowest BCUT2D eigenvalue weighted by atomic mass is 10.0. The second-order valence-corrected chi connectivity index (χ2v) is 18.8. The summed E-state index contributed by atoms with van der Waals surface area (Å²) in [5, 5.41) is 8.91. The van der Waals surface area contributed by atoms with Crippen LogP contribution >= 0.6 is 7.82 Å². The van der Waals surface area contributed by atoms with Gasteiger partial charge in [-0.05, 0) is 38.5 Å². The van der Waals surface area contributed by atoms with E-state index >= 15 is 0 Å². The number of allylic oxidation sites excluding steroid dienone is 2. The molecule has 61 heavy (non-hydrogen) atoms. The zero-order valence-corrected chi connectivity index (χ0v) is 40.2. The lowest BCUT2D eigenvalue weighted by Gasteiger charge is -2.20. The summed E-state index contributed by atoms with van der Waals surface area (Å²) in [5.41, 5.74) is 5.35.